The summed E-state index contributed by atoms with van der Waals surface area (Å²) in [7, 11) is 0. The number of nitrogens with two attached hydrogens (primary N) is 1. The van der Waals surface area contributed by atoms with Crippen LogP contribution in [0.15, 0.2) is 23.3 Å². The molecule has 0 heterocycles. The molecule has 0 amide bonds. The summed E-state index contributed by atoms with van der Waals surface area (Å²) in [6.07, 6.45) is 21.6. The topological polar surface area (TPSA) is 113 Å². The number of ether oxygens (including phenoxy) is 2. The maximum Gasteiger partial charge on any atom is 0.323 e. The summed E-state index contributed by atoms with van der Waals surface area (Å²) >= 11 is 0. The Morgan fingerprint density at radius 1 is 0.648 bits per heavy atom. The molecule has 0 aliphatic heterocycles. The number of rotatable bonds is 8. The van der Waals surface area contributed by atoms with Gasteiger partial charge in [0.05, 0.1) is 0 Å². The maximum atomic E-state index is 13.2. The van der Waals surface area contributed by atoms with Crippen molar-refractivity contribution in [3.63, 3.8) is 0 Å². The van der Waals surface area contributed by atoms with Crippen molar-refractivity contribution in [2.45, 2.75) is 175 Å². The van der Waals surface area contributed by atoms with Gasteiger partial charge in [0.1, 0.15) is 29.8 Å². The first-order valence-corrected chi connectivity index (χ1v) is 22.1. The highest BCUT2D eigenvalue weighted by atomic mass is 16.5. The third-order valence-corrected chi connectivity index (χ3v) is 18.6. The van der Waals surface area contributed by atoms with E-state index in [9.17, 15) is 19.2 Å². The zero-order valence-electron chi connectivity index (χ0n) is 34.3. The van der Waals surface area contributed by atoms with Gasteiger partial charge in [0.2, 0.25) is 0 Å². The van der Waals surface area contributed by atoms with Gasteiger partial charge in [-0.25, -0.2) is 0 Å². The van der Waals surface area contributed by atoms with Crippen LogP contribution in [0.5, 0.6) is 0 Å². The van der Waals surface area contributed by atoms with E-state index < -0.39 is 12.0 Å². The standard InChI is InChI=1S/C47H69NO6/c1-27(49)35-11-13-37-33-9-7-29-25-31(17-21-44(29,3)39(33)19-23-46(35,37)5)53-42(51)16-15-41(48)43(52)54-32-18-22-45(4)30(26-32)8-10-34-38-14-12-36(28(2)50)47(38,6)24-20-40(34)45/h7-8,31-41H,9-26,48H2,1-6H3/t31?,32?,33?,34?,35?,36?,37?,38?,39?,40?,41-,44?,45?,46?,47?/m0/s1. The summed E-state index contributed by atoms with van der Waals surface area (Å²) in [5.74, 6) is 4.35. The van der Waals surface area contributed by atoms with E-state index in [1.54, 1.807) is 13.8 Å². The molecule has 8 aliphatic rings. The molecule has 0 bridgehead atoms. The second-order valence-corrected chi connectivity index (χ2v) is 20.9. The van der Waals surface area contributed by atoms with Crippen molar-refractivity contribution in [3.8, 4) is 0 Å². The molecule has 2 N–H and O–H groups in total. The molecular weight excluding hydrogens is 675 g/mol. The van der Waals surface area contributed by atoms with Gasteiger partial charge >= 0.3 is 11.9 Å². The SMILES string of the molecule is CC(=O)C1CCC2C3CC=C4CC(OC(=O)CC[C@H](N)C(=O)OC5CCC6(C)C(=CCC7C6CCC6(C)C(C(C)=O)CCC76)C5)CCC4(C)C3CCC12C. The van der Waals surface area contributed by atoms with Gasteiger partial charge in [-0.1, -0.05) is 51.0 Å². The maximum absolute atomic E-state index is 13.2. The fourth-order valence-corrected chi connectivity index (χ4v) is 15.7. The van der Waals surface area contributed by atoms with Crippen molar-refractivity contribution in [2.24, 2.45) is 74.7 Å². The minimum Gasteiger partial charge on any atom is -0.462 e. The van der Waals surface area contributed by atoms with Crippen molar-refractivity contribution in [1.29, 1.82) is 0 Å². The highest BCUT2D eigenvalue weighted by molar-refractivity contribution is 5.80. The predicted molar refractivity (Wildman–Crippen MR) is 209 cm³/mol. The fourth-order valence-electron chi connectivity index (χ4n) is 15.7. The molecule has 7 nitrogen and oxygen atoms in total. The lowest BCUT2D eigenvalue weighted by Crippen LogP contribution is -2.51. The number of carbonyl (C=O) groups excluding carboxylic acids is 4. The number of fused-ring (bicyclic) bond motifs is 10. The molecule has 0 saturated heterocycles. The lowest BCUT2D eigenvalue weighted by atomic mass is 9.47. The molecule has 54 heavy (non-hydrogen) atoms. The Morgan fingerprint density at radius 3 is 1.57 bits per heavy atom. The zero-order chi connectivity index (χ0) is 38.4. The monoisotopic (exact) mass is 744 g/mol. The number of carbonyl (C=O) groups is 4. The molecule has 6 saturated carbocycles. The molecule has 6 fully saturated rings. The van der Waals surface area contributed by atoms with Crippen LogP contribution in [0.2, 0.25) is 0 Å². The second kappa shape index (κ2) is 14.0. The quantitative estimate of drug-likeness (QED) is 0.195. The lowest BCUT2D eigenvalue weighted by Gasteiger charge is -2.58. The first-order valence-electron chi connectivity index (χ1n) is 22.1. The summed E-state index contributed by atoms with van der Waals surface area (Å²) in [6, 6.07) is -0.842. The Balaban J connectivity index is 0.806. The van der Waals surface area contributed by atoms with E-state index in [2.05, 4.69) is 39.8 Å². The first kappa shape index (κ1) is 38.6. The van der Waals surface area contributed by atoms with Gasteiger partial charge in [0.25, 0.3) is 0 Å². The number of hydrogen-bond donors (Lipinski definition) is 1. The molecule has 15 atom stereocenters. The van der Waals surface area contributed by atoms with E-state index in [1.165, 1.54) is 36.8 Å². The van der Waals surface area contributed by atoms with Crippen LogP contribution in [-0.4, -0.2) is 41.8 Å². The van der Waals surface area contributed by atoms with Crippen molar-refractivity contribution >= 4 is 23.5 Å². The van der Waals surface area contributed by atoms with Gasteiger partial charge in [-0.15, -0.1) is 0 Å². The second-order valence-electron chi connectivity index (χ2n) is 20.9. The molecule has 0 aromatic carbocycles. The number of Topliss-reactive ketones (excluding diaryl/α,β-unsaturated/α-hetero) is 2. The van der Waals surface area contributed by atoms with E-state index in [1.807, 2.05) is 0 Å². The highest BCUT2D eigenvalue weighted by Gasteiger charge is 2.61. The number of ketones is 2. The van der Waals surface area contributed by atoms with E-state index in [0.29, 0.717) is 47.1 Å². The molecule has 8 aliphatic carbocycles. The molecule has 298 valence electrons. The number of esters is 2. The van der Waals surface area contributed by atoms with Crippen LogP contribution in [-0.2, 0) is 28.7 Å². The Morgan fingerprint density at radius 2 is 1.11 bits per heavy atom. The van der Waals surface area contributed by atoms with Crippen LogP contribution >= 0.6 is 0 Å². The zero-order valence-corrected chi connectivity index (χ0v) is 34.3. The van der Waals surface area contributed by atoms with Crippen LogP contribution < -0.4 is 5.73 Å². The fraction of sp³-hybridized carbons (Fsp3) is 0.830. The molecule has 0 spiro atoms. The van der Waals surface area contributed by atoms with Crippen molar-refractivity contribution in [2.75, 3.05) is 0 Å². The predicted octanol–water partition coefficient (Wildman–Crippen LogP) is 9.25. The van der Waals surface area contributed by atoms with Crippen LogP contribution in [0, 0.1) is 69.0 Å². The molecule has 0 radical (unpaired) electrons. The summed E-state index contributed by atoms with van der Waals surface area (Å²) in [5.41, 5.74) is 9.84. The van der Waals surface area contributed by atoms with Gasteiger partial charge in [-0.05, 0) is 167 Å². The van der Waals surface area contributed by atoms with Crippen molar-refractivity contribution in [1.82, 2.24) is 0 Å². The van der Waals surface area contributed by atoms with Crippen LogP contribution in [0.4, 0.5) is 0 Å². The molecule has 8 rings (SSSR count). The van der Waals surface area contributed by atoms with Gasteiger partial charge in [-0.2, -0.15) is 0 Å². The Labute approximate surface area is 324 Å². The minimum atomic E-state index is -0.842. The number of hydrogen-bond acceptors (Lipinski definition) is 7. The Bertz CT molecular complexity index is 1610. The third kappa shape index (κ3) is 6.13. The van der Waals surface area contributed by atoms with Crippen LogP contribution in [0.25, 0.3) is 0 Å². The highest BCUT2D eigenvalue weighted by Crippen LogP contribution is 2.68. The van der Waals surface area contributed by atoms with Gasteiger partial charge in [0.15, 0.2) is 0 Å². The molecule has 7 heteroatoms. The Hall–Kier alpha value is -2.28. The molecule has 0 aromatic heterocycles. The average Bonchev–Trinajstić information content (AvgIpc) is 3.68. The first-order chi connectivity index (χ1) is 25.6. The van der Waals surface area contributed by atoms with E-state index in [4.69, 9.17) is 15.2 Å². The van der Waals surface area contributed by atoms with E-state index in [-0.39, 0.29) is 64.5 Å². The van der Waals surface area contributed by atoms with Gasteiger partial charge < -0.3 is 15.2 Å². The smallest absolute Gasteiger partial charge is 0.323 e. The van der Waals surface area contributed by atoms with Gasteiger partial charge in [0, 0.05) is 31.1 Å². The molecular formula is C47H69NO6. The van der Waals surface area contributed by atoms with E-state index in [0.717, 1.165) is 77.0 Å². The lowest BCUT2D eigenvalue weighted by molar-refractivity contribution is -0.155. The third-order valence-electron chi connectivity index (χ3n) is 18.6. The van der Waals surface area contributed by atoms with E-state index >= 15 is 0 Å². The minimum absolute atomic E-state index is 0.118. The average molecular weight is 744 g/mol. The van der Waals surface area contributed by atoms with Crippen molar-refractivity contribution in [3.05, 3.63) is 23.3 Å². The normalized spacial score (nSPS) is 46.9. The largest absolute Gasteiger partial charge is 0.462 e. The van der Waals surface area contributed by atoms with Crippen LogP contribution in [0.3, 0.4) is 0 Å². The number of allylic oxidation sites excluding steroid dienone is 2. The molecule has 0 aromatic rings. The van der Waals surface area contributed by atoms with Crippen LogP contribution in [0.1, 0.15) is 157 Å². The summed E-state index contributed by atoms with van der Waals surface area (Å²) in [4.78, 5) is 51.4. The van der Waals surface area contributed by atoms with Crippen molar-refractivity contribution < 1.29 is 28.7 Å². The summed E-state index contributed by atoms with van der Waals surface area (Å²) < 4.78 is 12.1. The Kier molecular flexibility index (Phi) is 9.99. The summed E-state index contributed by atoms with van der Waals surface area (Å²) in [5, 5.41) is 0. The van der Waals surface area contributed by atoms with Gasteiger partial charge in [-0.3, -0.25) is 19.2 Å². The summed E-state index contributed by atoms with van der Waals surface area (Å²) in [6.45, 7) is 13.3. The molecule has 14 unspecified atom stereocenters.